The number of nitrogens with one attached hydrogen (secondary N) is 2. The first-order valence-electron chi connectivity index (χ1n) is 7.85. The number of amides is 1. The van der Waals surface area contributed by atoms with Gasteiger partial charge in [-0.1, -0.05) is 35.5 Å². The van der Waals surface area contributed by atoms with Crippen molar-refractivity contribution in [3.05, 3.63) is 59.1 Å². The Hall–Kier alpha value is -2.84. The van der Waals surface area contributed by atoms with Crippen molar-refractivity contribution >= 4 is 40.9 Å². The van der Waals surface area contributed by atoms with Gasteiger partial charge in [-0.15, -0.1) is 5.10 Å². The molecule has 7 nitrogen and oxygen atoms in total. The molecule has 9 heteroatoms. The summed E-state index contributed by atoms with van der Waals surface area (Å²) in [6.45, 7) is 0. The molecule has 3 aromatic rings. The van der Waals surface area contributed by atoms with E-state index in [0.29, 0.717) is 27.3 Å². The molecule has 138 valence electrons. The van der Waals surface area contributed by atoms with Crippen LogP contribution in [0.25, 0.3) is 11.4 Å². The van der Waals surface area contributed by atoms with Crippen molar-refractivity contribution in [1.82, 2.24) is 15.2 Å². The highest BCUT2D eigenvalue weighted by molar-refractivity contribution is 7.99. The van der Waals surface area contributed by atoms with Gasteiger partial charge < -0.3 is 10.1 Å². The molecule has 3 rings (SSSR count). The number of thioether (sulfide) groups is 1. The first-order valence-corrected chi connectivity index (χ1v) is 9.21. The van der Waals surface area contributed by atoms with E-state index < -0.39 is 5.97 Å². The lowest BCUT2D eigenvalue weighted by Gasteiger charge is -2.05. The van der Waals surface area contributed by atoms with E-state index in [9.17, 15) is 9.59 Å². The van der Waals surface area contributed by atoms with Crippen molar-refractivity contribution in [1.29, 1.82) is 0 Å². The third kappa shape index (κ3) is 4.87. The van der Waals surface area contributed by atoms with E-state index >= 15 is 0 Å². The third-order valence-corrected chi connectivity index (χ3v) is 4.69. The number of aromatic nitrogens is 3. The van der Waals surface area contributed by atoms with Crippen LogP contribution in [0, 0.1) is 0 Å². The Kier molecular flexibility index (Phi) is 6.10. The Bertz CT molecular complexity index is 959. The van der Waals surface area contributed by atoms with Crippen LogP contribution in [0.15, 0.2) is 53.7 Å². The Morgan fingerprint density at radius 2 is 1.93 bits per heavy atom. The summed E-state index contributed by atoms with van der Waals surface area (Å²) >= 11 is 7.34. The predicted molar refractivity (Wildman–Crippen MR) is 104 cm³/mol. The van der Waals surface area contributed by atoms with Gasteiger partial charge in [0.2, 0.25) is 11.1 Å². The molecule has 0 aliphatic carbocycles. The Morgan fingerprint density at radius 3 is 2.63 bits per heavy atom. The number of ether oxygens (including phenoxy) is 1. The van der Waals surface area contributed by atoms with E-state index in [-0.39, 0.29) is 11.7 Å². The Balaban J connectivity index is 1.55. The molecule has 0 fully saturated rings. The van der Waals surface area contributed by atoms with Crippen LogP contribution in [-0.2, 0) is 9.53 Å². The molecule has 0 spiro atoms. The van der Waals surface area contributed by atoms with Gasteiger partial charge in [0.05, 0.1) is 23.4 Å². The summed E-state index contributed by atoms with van der Waals surface area (Å²) in [4.78, 5) is 27.8. The van der Waals surface area contributed by atoms with Gasteiger partial charge in [0.25, 0.3) is 0 Å². The fraction of sp³-hybridized carbons (Fsp3) is 0.111. The first kappa shape index (κ1) is 18.9. The van der Waals surface area contributed by atoms with E-state index in [2.05, 4.69) is 25.2 Å². The molecule has 1 aromatic heterocycles. The van der Waals surface area contributed by atoms with Gasteiger partial charge in [-0.25, -0.2) is 9.78 Å². The normalized spacial score (nSPS) is 10.4. The summed E-state index contributed by atoms with van der Waals surface area (Å²) in [7, 11) is 1.31. The maximum Gasteiger partial charge on any atom is 0.337 e. The standard InChI is InChI=1S/C18H15ClN4O3S/c1-26-17(25)11-6-8-12(9-7-11)20-15(24)10-27-18-21-16(22-23-18)13-4-2-3-5-14(13)19/h2-9H,10H2,1H3,(H,20,24)(H,21,22,23). The van der Waals surface area contributed by atoms with Gasteiger partial charge in [-0.3, -0.25) is 9.89 Å². The summed E-state index contributed by atoms with van der Waals surface area (Å²) in [5.74, 6) is 0.0395. The third-order valence-electron chi connectivity index (χ3n) is 3.52. The second-order valence-electron chi connectivity index (χ2n) is 5.35. The quantitative estimate of drug-likeness (QED) is 0.482. The first-order chi connectivity index (χ1) is 13.1. The maximum atomic E-state index is 12.1. The Morgan fingerprint density at radius 1 is 1.19 bits per heavy atom. The number of rotatable bonds is 6. The number of halogens is 1. The molecule has 0 saturated carbocycles. The number of carbonyl (C=O) groups excluding carboxylic acids is 2. The zero-order chi connectivity index (χ0) is 19.2. The predicted octanol–water partition coefficient (Wildman–Crippen LogP) is 3.64. The number of hydrogen-bond donors (Lipinski definition) is 2. The van der Waals surface area contributed by atoms with Gasteiger partial charge >= 0.3 is 5.97 Å². The monoisotopic (exact) mass is 402 g/mol. The zero-order valence-corrected chi connectivity index (χ0v) is 15.8. The van der Waals surface area contributed by atoms with Crippen LogP contribution < -0.4 is 5.32 Å². The van der Waals surface area contributed by atoms with E-state index in [4.69, 9.17) is 11.6 Å². The van der Waals surface area contributed by atoms with Crippen molar-refractivity contribution in [2.75, 3.05) is 18.2 Å². The molecule has 0 unspecified atom stereocenters. The molecule has 1 heterocycles. The highest BCUT2D eigenvalue weighted by Gasteiger charge is 2.11. The van der Waals surface area contributed by atoms with E-state index in [1.165, 1.54) is 18.9 Å². The van der Waals surface area contributed by atoms with Gasteiger partial charge in [0, 0.05) is 11.3 Å². The van der Waals surface area contributed by atoms with Gasteiger partial charge in [0.1, 0.15) is 0 Å². The van der Waals surface area contributed by atoms with E-state index in [1.54, 1.807) is 30.3 Å². The number of hydrogen-bond acceptors (Lipinski definition) is 6. The molecule has 2 N–H and O–H groups in total. The fourth-order valence-corrected chi connectivity index (χ4v) is 3.04. The van der Waals surface area contributed by atoms with Crippen LogP contribution in [0.2, 0.25) is 5.02 Å². The fourth-order valence-electron chi connectivity index (χ4n) is 2.22. The highest BCUT2D eigenvalue weighted by Crippen LogP contribution is 2.26. The van der Waals surface area contributed by atoms with Crippen molar-refractivity contribution in [3.63, 3.8) is 0 Å². The van der Waals surface area contributed by atoms with Crippen LogP contribution in [0.4, 0.5) is 5.69 Å². The minimum Gasteiger partial charge on any atom is -0.465 e. The smallest absolute Gasteiger partial charge is 0.337 e. The van der Waals surface area contributed by atoms with Crippen molar-refractivity contribution < 1.29 is 14.3 Å². The summed E-state index contributed by atoms with van der Waals surface area (Å²) < 4.78 is 4.63. The molecule has 0 aliphatic rings. The number of anilines is 1. The zero-order valence-electron chi connectivity index (χ0n) is 14.2. The van der Waals surface area contributed by atoms with Crippen LogP contribution in [-0.4, -0.2) is 39.9 Å². The lowest BCUT2D eigenvalue weighted by Crippen LogP contribution is -2.14. The van der Waals surface area contributed by atoms with E-state index in [1.807, 2.05) is 18.2 Å². The average molecular weight is 403 g/mol. The summed E-state index contributed by atoms with van der Waals surface area (Å²) in [5.41, 5.74) is 1.74. The van der Waals surface area contributed by atoms with Gasteiger partial charge in [0.15, 0.2) is 5.82 Å². The molecule has 27 heavy (non-hydrogen) atoms. The minimum absolute atomic E-state index is 0.137. The Labute approximate surface area is 164 Å². The second-order valence-corrected chi connectivity index (χ2v) is 6.70. The number of H-pyrrole nitrogens is 1. The van der Waals surface area contributed by atoms with E-state index in [0.717, 1.165) is 5.56 Å². The van der Waals surface area contributed by atoms with Gasteiger partial charge in [-0.2, -0.15) is 0 Å². The lowest BCUT2D eigenvalue weighted by molar-refractivity contribution is -0.113. The molecule has 0 atom stereocenters. The highest BCUT2D eigenvalue weighted by atomic mass is 35.5. The number of benzene rings is 2. The number of methoxy groups -OCH3 is 1. The van der Waals surface area contributed by atoms with Gasteiger partial charge in [-0.05, 0) is 36.4 Å². The molecule has 2 aromatic carbocycles. The van der Waals surface area contributed by atoms with Crippen LogP contribution in [0.1, 0.15) is 10.4 Å². The molecule has 0 aliphatic heterocycles. The van der Waals surface area contributed by atoms with Crippen molar-refractivity contribution in [3.8, 4) is 11.4 Å². The van der Waals surface area contributed by atoms with Crippen LogP contribution >= 0.6 is 23.4 Å². The summed E-state index contributed by atoms with van der Waals surface area (Å²) in [6, 6.07) is 13.7. The van der Waals surface area contributed by atoms with Crippen LogP contribution in [0.5, 0.6) is 0 Å². The minimum atomic E-state index is -0.428. The number of carbonyl (C=O) groups is 2. The average Bonchev–Trinajstić information content (AvgIpc) is 3.15. The van der Waals surface area contributed by atoms with Crippen molar-refractivity contribution in [2.24, 2.45) is 0 Å². The summed E-state index contributed by atoms with van der Waals surface area (Å²) in [6.07, 6.45) is 0. The SMILES string of the molecule is COC(=O)c1ccc(NC(=O)CSc2n[nH]c(-c3ccccc3Cl)n2)cc1. The number of nitrogens with zero attached hydrogens (tertiary/aromatic N) is 2. The number of esters is 1. The maximum absolute atomic E-state index is 12.1. The second kappa shape index (κ2) is 8.70. The topological polar surface area (TPSA) is 97.0 Å². The summed E-state index contributed by atoms with van der Waals surface area (Å²) in [5, 5.41) is 10.7. The molecule has 0 radical (unpaired) electrons. The molecular formula is C18H15ClN4O3S. The largest absolute Gasteiger partial charge is 0.465 e. The molecule has 0 saturated heterocycles. The van der Waals surface area contributed by atoms with Crippen LogP contribution in [0.3, 0.4) is 0 Å². The molecular weight excluding hydrogens is 388 g/mol. The van der Waals surface area contributed by atoms with Crippen molar-refractivity contribution in [2.45, 2.75) is 5.16 Å². The molecule has 1 amide bonds. The molecule has 0 bridgehead atoms. The lowest BCUT2D eigenvalue weighted by atomic mass is 10.2. The number of aromatic amines is 1.